The van der Waals surface area contributed by atoms with Crippen LogP contribution in [0.2, 0.25) is 0 Å². The standard InChI is InChI=1S/C17H25N3O3/c18-14(9-13-5-4-8-19-11-13)16(23)20-12-17(10-15(21)22)6-2-1-3-7-17/h4-5,8,11,14H,1-3,6-7,9-10,12,18H2,(H,20,23)(H,21,22)/t14-/m1/s1. The lowest BCUT2D eigenvalue weighted by Crippen LogP contribution is -2.47. The van der Waals surface area contributed by atoms with E-state index in [0.29, 0.717) is 13.0 Å². The largest absolute Gasteiger partial charge is 0.481 e. The molecule has 23 heavy (non-hydrogen) atoms. The summed E-state index contributed by atoms with van der Waals surface area (Å²) >= 11 is 0. The molecule has 1 amide bonds. The molecule has 1 saturated carbocycles. The summed E-state index contributed by atoms with van der Waals surface area (Å²) in [5.74, 6) is -1.04. The van der Waals surface area contributed by atoms with Crippen LogP contribution in [0, 0.1) is 5.41 Å². The summed E-state index contributed by atoms with van der Waals surface area (Å²) in [4.78, 5) is 27.4. The van der Waals surface area contributed by atoms with Crippen LogP contribution in [0.5, 0.6) is 0 Å². The van der Waals surface area contributed by atoms with Gasteiger partial charge in [0, 0.05) is 18.9 Å². The zero-order valence-corrected chi connectivity index (χ0v) is 13.3. The zero-order valence-electron chi connectivity index (χ0n) is 13.3. The van der Waals surface area contributed by atoms with Gasteiger partial charge in [0.25, 0.3) is 0 Å². The molecule has 0 radical (unpaired) electrons. The molecule has 6 heteroatoms. The molecule has 2 rings (SSSR count). The second-order valence-electron chi connectivity index (χ2n) is 6.52. The number of carboxylic acid groups (broad SMARTS) is 1. The Kier molecular flexibility index (Phi) is 6.10. The molecule has 1 atom stereocenters. The van der Waals surface area contributed by atoms with Crippen molar-refractivity contribution in [2.75, 3.05) is 6.54 Å². The van der Waals surface area contributed by atoms with Crippen molar-refractivity contribution in [1.82, 2.24) is 10.3 Å². The van der Waals surface area contributed by atoms with Crippen LogP contribution in [0.15, 0.2) is 24.5 Å². The van der Waals surface area contributed by atoms with Crippen molar-refractivity contribution in [3.05, 3.63) is 30.1 Å². The summed E-state index contributed by atoms with van der Waals surface area (Å²) in [5, 5.41) is 12.0. The van der Waals surface area contributed by atoms with Gasteiger partial charge in [0.1, 0.15) is 0 Å². The van der Waals surface area contributed by atoms with Crippen LogP contribution in [0.3, 0.4) is 0 Å². The molecular formula is C17H25N3O3. The van der Waals surface area contributed by atoms with Crippen LogP contribution >= 0.6 is 0 Å². The number of carboxylic acids is 1. The summed E-state index contributed by atoms with van der Waals surface area (Å²) in [6.45, 7) is 0.388. The quantitative estimate of drug-likeness (QED) is 0.706. The monoisotopic (exact) mass is 319 g/mol. The number of aromatic nitrogens is 1. The Morgan fingerprint density at radius 3 is 2.70 bits per heavy atom. The maximum Gasteiger partial charge on any atom is 0.303 e. The lowest BCUT2D eigenvalue weighted by Gasteiger charge is -2.36. The van der Waals surface area contributed by atoms with E-state index in [1.165, 1.54) is 0 Å². The van der Waals surface area contributed by atoms with Gasteiger partial charge in [-0.05, 0) is 36.3 Å². The van der Waals surface area contributed by atoms with Crippen molar-refractivity contribution in [2.24, 2.45) is 11.1 Å². The number of amides is 1. The van der Waals surface area contributed by atoms with E-state index in [2.05, 4.69) is 10.3 Å². The third kappa shape index (κ3) is 5.32. The van der Waals surface area contributed by atoms with Crippen molar-refractivity contribution >= 4 is 11.9 Å². The van der Waals surface area contributed by atoms with Gasteiger partial charge in [0.05, 0.1) is 12.5 Å². The Bertz CT molecular complexity index is 527. The highest BCUT2D eigenvalue weighted by Crippen LogP contribution is 2.38. The van der Waals surface area contributed by atoms with E-state index in [-0.39, 0.29) is 17.7 Å². The second-order valence-corrected chi connectivity index (χ2v) is 6.52. The molecule has 1 heterocycles. The van der Waals surface area contributed by atoms with E-state index >= 15 is 0 Å². The highest BCUT2D eigenvalue weighted by atomic mass is 16.4. The second kappa shape index (κ2) is 8.06. The van der Waals surface area contributed by atoms with Gasteiger partial charge in [-0.2, -0.15) is 0 Å². The SMILES string of the molecule is N[C@H](Cc1cccnc1)C(=O)NCC1(CC(=O)O)CCCCC1. The van der Waals surface area contributed by atoms with Crippen molar-refractivity contribution in [1.29, 1.82) is 0 Å². The Balaban J connectivity index is 1.89. The van der Waals surface area contributed by atoms with Gasteiger partial charge < -0.3 is 16.2 Å². The summed E-state index contributed by atoms with van der Waals surface area (Å²) in [7, 11) is 0. The van der Waals surface area contributed by atoms with Gasteiger partial charge in [0.15, 0.2) is 0 Å². The molecule has 0 bridgehead atoms. The Morgan fingerprint density at radius 2 is 2.09 bits per heavy atom. The van der Waals surface area contributed by atoms with E-state index in [1.807, 2.05) is 12.1 Å². The molecule has 0 spiro atoms. The average molecular weight is 319 g/mol. The molecule has 126 valence electrons. The van der Waals surface area contributed by atoms with Gasteiger partial charge in [-0.1, -0.05) is 25.3 Å². The summed E-state index contributed by atoms with van der Waals surface area (Å²) < 4.78 is 0. The number of hydrogen-bond acceptors (Lipinski definition) is 4. The first-order valence-corrected chi connectivity index (χ1v) is 8.15. The fraction of sp³-hybridized carbons (Fsp3) is 0.588. The first-order chi connectivity index (χ1) is 11.0. The van der Waals surface area contributed by atoms with Gasteiger partial charge in [-0.15, -0.1) is 0 Å². The number of pyridine rings is 1. The lowest BCUT2D eigenvalue weighted by molar-refractivity contribution is -0.140. The minimum Gasteiger partial charge on any atom is -0.481 e. The van der Waals surface area contributed by atoms with Gasteiger partial charge in [-0.3, -0.25) is 14.6 Å². The molecule has 0 aromatic carbocycles. The molecule has 1 aliphatic rings. The van der Waals surface area contributed by atoms with Crippen LogP contribution in [-0.2, 0) is 16.0 Å². The highest BCUT2D eigenvalue weighted by molar-refractivity contribution is 5.81. The van der Waals surface area contributed by atoms with Crippen molar-refractivity contribution in [2.45, 2.75) is 51.0 Å². The minimum atomic E-state index is -0.805. The van der Waals surface area contributed by atoms with Gasteiger partial charge in [0.2, 0.25) is 5.91 Å². The molecule has 0 unspecified atom stereocenters. The van der Waals surface area contributed by atoms with Crippen molar-refractivity contribution in [3.8, 4) is 0 Å². The lowest BCUT2D eigenvalue weighted by atomic mass is 9.71. The van der Waals surface area contributed by atoms with E-state index in [4.69, 9.17) is 10.8 Å². The number of carbonyl (C=O) groups excluding carboxylic acids is 1. The van der Waals surface area contributed by atoms with Crippen LogP contribution < -0.4 is 11.1 Å². The fourth-order valence-corrected chi connectivity index (χ4v) is 3.31. The molecule has 6 nitrogen and oxygen atoms in total. The van der Waals surface area contributed by atoms with E-state index in [1.54, 1.807) is 12.4 Å². The van der Waals surface area contributed by atoms with Crippen LogP contribution in [0.4, 0.5) is 0 Å². The number of carbonyl (C=O) groups is 2. The van der Waals surface area contributed by atoms with E-state index in [0.717, 1.165) is 37.7 Å². The van der Waals surface area contributed by atoms with Crippen LogP contribution in [-0.4, -0.2) is 34.6 Å². The predicted molar refractivity (Wildman–Crippen MR) is 86.7 cm³/mol. The highest BCUT2D eigenvalue weighted by Gasteiger charge is 2.35. The number of aliphatic carboxylic acids is 1. The summed E-state index contributed by atoms with van der Waals surface area (Å²) in [6, 6.07) is 3.04. The number of hydrogen-bond donors (Lipinski definition) is 3. The number of nitrogens with zero attached hydrogens (tertiary/aromatic N) is 1. The average Bonchev–Trinajstić information content (AvgIpc) is 2.54. The predicted octanol–water partition coefficient (Wildman–Crippen LogP) is 1.49. The number of rotatable bonds is 7. The van der Waals surface area contributed by atoms with Crippen LogP contribution in [0.25, 0.3) is 0 Å². The Labute approximate surface area is 136 Å². The Hall–Kier alpha value is -1.95. The van der Waals surface area contributed by atoms with E-state index in [9.17, 15) is 9.59 Å². The molecule has 0 aliphatic heterocycles. The normalized spacial score (nSPS) is 18.1. The molecule has 1 aromatic heterocycles. The first-order valence-electron chi connectivity index (χ1n) is 8.15. The smallest absolute Gasteiger partial charge is 0.303 e. The maximum atomic E-state index is 12.2. The minimum absolute atomic E-state index is 0.102. The zero-order chi connectivity index (χ0) is 16.7. The Morgan fingerprint density at radius 1 is 1.35 bits per heavy atom. The van der Waals surface area contributed by atoms with Crippen molar-refractivity contribution < 1.29 is 14.7 Å². The first kappa shape index (κ1) is 17.4. The molecule has 0 saturated heterocycles. The number of nitrogens with one attached hydrogen (secondary N) is 1. The third-order valence-corrected chi connectivity index (χ3v) is 4.59. The summed E-state index contributed by atoms with van der Waals surface area (Å²) in [6.07, 6.45) is 8.76. The molecule has 1 aliphatic carbocycles. The molecule has 1 fully saturated rings. The van der Waals surface area contributed by atoms with Gasteiger partial charge >= 0.3 is 5.97 Å². The van der Waals surface area contributed by atoms with E-state index < -0.39 is 12.0 Å². The molecule has 4 N–H and O–H groups in total. The summed E-state index contributed by atoms with van der Waals surface area (Å²) in [5.41, 5.74) is 6.54. The van der Waals surface area contributed by atoms with Gasteiger partial charge in [-0.25, -0.2) is 0 Å². The van der Waals surface area contributed by atoms with Crippen molar-refractivity contribution in [3.63, 3.8) is 0 Å². The fourth-order valence-electron chi connectivity index (χ4n) is 3.31. The topological polar surface area (TPSA) is 105 Å². The number of nitrogens with two attached hydrogens (primary N) is 1. The third-order valence-electron chi connectivity index (χ3n) is 4.59. The van der Waals surface area contributed by atoms with Crippen LogP contribution in [0.1, 0.15) is 44.1 Å². The maximum absolute atomic E-state index is 12.2. The molecule has 1 aromatic rings. The molecular weight excluding hydrogens is 294 g/mol.